The number of nitro groups is 1. The van der Waals surface area contributed by atoms with E-state index in [-0.39, 0.29) is 17.4 Å². The number of hydrogen-bond acceptors (Lipinski definition) is 7. The molecule has 0 spiro atoms. The summed E-state index contributed by atoms with van der Waals surface area (Å²) in [5.74, 6) is -0.498. The predicted octanol–water partition coefficient (Wildman–Crippen LogP) is 4.15. The second-order valence-electron chi connectivity index (χ2n) is 8.26. The Hall–Kier alpha value is -2.94. The molecule has 9 nitrogen and oxygen atoms in total. The van der Waals surface area contributed by atoms with Gasteiger partial charge in [0.05, 0.1) is 17.0 Å². The van der Waals surface area contributed by atoms with E-state index in [2.05, 4.69) is 0 Å². The summed E-state index contributed by atoms with van der Waals surface area (Å²) in [5.41, 5.74) is 5.51. The zero-order chi connectivity index (χ0) is 22.1. The Morgan fingerprint density at radius 2 is 1.83 bits per heavy atom. The molecule has 0 fully saturated rings. The Morgan fingerprint density at radius 1 is 1.21 bits per heavy atom. The third-order valence-electron chi connectivity index (χ3n) is 4.36. The fraction of sp³-hybridized carbons (Fsp3) is 0.500. The van der Waals surface area contributed by atoms with Gasteiger partial charge in [0.1, 0.15) is 16.9 Å². The second kappa shape index (κ2) is 8.20. The second-order valence-corrected chi connectivity index (χ2v) is 8.26. The molecule has 9 heteroatoms. The third kappa shape index (κ3) is 5.11. The van der Waals surface area contributed by atoms with E-state index in [1.54, 1.807) is 47.6 Å². The lowest BCUT2D eigenvalue weighted by Crippen LogP contribution is -2.51. The number of non-ortho nitro benzene ring substituents is 1. The maximum Gasteiger partial charge on any atom is 0.417 e. The quantitative estimate of drug-likeness (QED) is 0.584. The predicted molar refractivity (Wildman–Crippen MR) is 107 cm³/mol. The van der Waals surface area contributed by atoms with Crippen molar-refractivity contribution >= 4 is 28.7 Å². The molecule has 0 aliphatic heterocycles. The fourth-order valence-electron chi connectivity index (χ4n) is 2.69. The summed E-state index contributed by atoms with van der Waals surface area (Å²) in [6.07, 6.45) is -0.836. The van der Waals surface area contributed by atoms with Crippen LogP contribution in [0.1, 0.15) is 53.3 Å². The summed E-state index contributed by atoms with van der Waals surface area (Å²) in [6, 6.07) is 4.01. The number of amides is 2. The number of nitrogens with zero attached hydrogens (tertiary/aromatic N) is 2. The highest BCUT2D eigenvalue weighted by Crippen LogP contribution is 2.31. The third-order valence-corrected chi connectivity index (χ3v) is 4.36. The zero-order valence-electron chi connectivity index (χ0n) is 17.5. The number of imide groups is 1. The van der Waals surface area contributed by atoms with E-state index < -0.39 is 34.6 Å². The van der Waals surface area contributed by atoms with Crippen LogP contribution in [0.15, 0.2) is 28.7 Å². The molecule has 0 bridgehead atoms. The number of carbonyl (C=O) groups excluding carboxylic acids is 2. The van der Waals surface area contributed by atoms with Crippen molar-refractivity contribution in [3.63, 3.8) is 0 Å². The van der Waals surface area contributed by atoms with Crippen LogP contribution < -0.4 is 5.73 Å². The number of carbonyl (C=O) groups is 2. The molecule has 0 radical (unpaired) electrons. The number of benzene rings is 1. The molecule has 2 amide bonds. The van der Waals surface area contributed by atoms with E-state index >= 15 is 0 Å². The van der Waals surface area contributed by atoms with Gasteiger partial charge in [0.25, 0.3) is 5.69 Å². The smallest absolute Gasteiger partial charge is 0.417 e. The summed E-state index contributed by atoms with van der Waals surface area (Å²) in [6.45, 7) is 10.3. The number of rotatable bonds is 5. The first-order valence-electron chi connectivity index (χ1n) is 9.31. The van der Waals surface area contributed by atoms with E-state index in [9.17, 15) is 19.7 Å². The molecule has 2 N–H and O–H groups in total. The van der Waals surface area contributed by atoms with Crippen LogP contribution in [0.5, 0.6) is 0 Å². The van der Waals surface area contributed by atoms with Crippen molar-refractivity contribution in [1.82, 2.24) is 4.90 Å². The maximum atomic E-state index is 13.0. The van der Waals surface area contributed by atoms with Crippen LogP contribution in [0.2, 0.25) is 0 Å². The number of furan rings is 1. The summed E-state index contributed by atoms with van der Waals surface area (Å²) in [5, 5.41) is 11.5. The van der Waals surface area contributed by atoms with Crippen molar-refractivity contribution in [3.8, 4) is 0 Å². The van der Waals surface area contributed by atoms with E-state index in [0.717, 1.165) is 4.90 Å². The Kier molecular flexibility index (Phi) is 6.32. The average molecular weight is 405 g/mol. The number of fused-ring (bicyclic) bond motifs is 1. The van der Waals surface area contributed by atoms with Crippen LogP contribution in [0.4, 0.5) is 10.5 Å². The van der Waals surface area contributed by atoms with E-state index in [0.29, 0.717) is 11.0 Å². The lowest BCUT2D eigenvalue weighted by molar-refractivity contribution is -0.384. The lowest BCUT2D eigenvalue weighted by Gasteiger charge is -2.31. The van der Waals surface area contributed by atoms with Gasteiger partial charge in [-0.25, -0.2) is 9.69 Å². The van der Waals surface area contributed by atoms with Crippen molar-refractivity contribution in [1.29, 1.82) is 0 Å². The molecule has 0 aliphatic carbocycles. The highest BCUT2D eigenvalue weighted by molar-refractivity contribution is 5.95. The van der Waals surface area contributed by atoms with Crippen molar-refractivity contribution in [2.75, 3.05) is 0 Å². The van der Waals surface area contributed by atoms with Gasteiger partial charge >= 0.3 is 6.09 Å². The molecular formula is C20H27N3O6. The van der Waals surface area contributed by atoms with Gasteiger partial charge in [-0.3, -0.25) is 14.9 Å². The molecule has 1 unspecified atom stereocenters. The molecule has 2 rings (SSSR count). The Morgan fingerprint density at radius 3 is 2.34 bits per heavy atom. The number of nitro benzene ring substituents is 1. The summed E-state index contributed by atoms with van der Waals surface area (Å²) >= 11 is 0. The fourth-order valence-corrected chi connectivity index (χ4v) is 2.69. The minimum atomic E-state index is -0.907. The van der Waals surface area contributed by atoms with Crippen LogP contribution in [-0.2, 0) is 9.53 Å². The average Bonchev–Trinajstić information content (AvgIpc) is 3.02. The van der Waals surface area contributed by atoms with E-state index in [1.807, 2.05) is 0 Å². The van der Waals surface area contributed by atoms with Gasteiger partial charge in [0, 0.05) is 17.5 Å². The van der Waals surface area contributed by atoms with E-state index in [1.165, 1.54) is 18.2 Å². The molecular weight excluding hydrogens is 378 g/mol. The normalized spacial score (nSPS) is 13.9. The zero-order valence-corrected chi connectivity index (χ0v) is 17.5. The van der Waals surface area contributed by atoms with Crippen molar-refractivity contribution in [2.45, 2.75) is 59.2 Å². The topological polar surface area (TPSA) is 129 Å². The van der Waals surface area contributed by atoms with Crippen LogP contribution in [0, 0.1) is 16.0 Å². The van der Waals surface area contributed by atoms with Gasteiger partial charge in [-0.15, -0.1) is 0 Å². The van der Waals surface area contributed by atoms with Crippen molar-refractivity contribution < 1.29 is 23.7 Å². The summed E-state index contributed by atoms with van der Waals surface area (Å²) < 4.78 is 11.1. The van der Waals surface area contributed by atoms with Crippen LogP contribution in [-0.4, -0.2) is 33.5 Å². The molecule has 0 saturated heterocycles. The first-order valence-corrected chi connectivity index (χ1v) is 9.31. The molecule has 2 aromatic rings. The monoisotopic (exact) mass is 405 g/mol. The van der Waals surface area contributed by atoms with E-state index in [4.69, 9.17) is 14.9 Å². The largest absolute Gasteiger partial charge is 0.459 e. The molecule has 1 aromatic heterocycles. The highest BCUT2D eigenvalue weighted by atomic mass is 16.6. The molecule has 1 aromatic carbocycles. The highest BCUT2D eigenvalue weighted by Gasteiger charge is 2.37. The van der Waals surface area contributed by atoms with Gasteiger partial charge in [0.15, 0.2) is 0 Å². The maximum absolute atomic E-state index is 13.0. The SMILES string of the molecule is CC(C)[C@H](N)C(=O)N(C(=O)OC(C)(C)C)C(C)c1cc2cc([N+](=O)[O-])ccc2o1. The lowest BCUT2D eigenvalue weighted by atomic mass is 10.0. The van der Waals surface area contributed by atoms with Gasteiger partial charge in [-0.1, -0.05) is 13.8 Å². The molecule has 2 atom stereocenters. The molecule has 1 heterocycles. The Balaban J connectivity index is 2.46. The number of hydrogen-bond donors (Lipinski definition) is 1. The Bertz CT molecular complexity index is 928. The van der Waals surface area contributed by atoms with Crippen molar-refractivity contribution in [2.24, 2.45) is 11.7 Å². The minimum Gasteiger partial charge on any atom is -0.459 e. The standard InChI is InChI=1S/C20H27N3O6/c1-11(2)17(21)18(24)22(19(25)29-20(4,5)6)12(3)16-10-13-9-14(23(26)27)7-8-15(13)28-16/h7-12,17H,21H2,1-6H3/t12?,17-/m0/s1. The van der Waals surface area contributed by atoms with Gasteiger partial charge in [-0.05, 0) is 45.7 Å². The summed E-state index contributed by atoms with van der Waals surface area (Å²) in [7, 11) is 0. The Labute approximate surface area is 168 Å². The molecule has 0 saturated carbocycles. The van der Waals surface area contributed by atoms with Crippen LogP contribution >= 0.6 is 0 Å². The number of nitrogens with two attached hydrogens (primary N) is 1. The first kappa shape index (κ1) is 22.4. The van der Waals surface area contributed by atoms with Crippen molar-refractivity contribution in [3.05, 3.63) is 40.1 Å². The van der Waals surface area contributed by atoms with Crippen LogP contribution in [0.3, 0.4) is 0 Å². The van der Waals surface area contributed by atoms with Gasteiger partial charge in [-0.2, -0.15) is 0 Å². The molecule has 158 valence electrons. The van der Waals surface area contributed by atoms with Gasteiger partial charge in [0.2, 0.25) is 5.91 Å². The minimum absolute atomic E-state index is 0.0839. The first-order chi connectivity index (χ1) is 13.3. The summed E-state index contributed by atoms with van der Waals surface area (Å²) in [4.78, 5) is 37.2. The molecule has 0 aliphatic rings. The molecule has 29 heavy (non-hydrogen) atoms. The van der Waals surface area contributed by atoms with Gasteiger partial charge < -0.3 is 14.9 Å². The number of ether oxygens (including phenoxy) is 1. The van der Waals surface area contributed by atoms with Crippen LogP contribution in [0.25, 0.3) is 11.0 Å².